The Kier molecular flexibility index (Phi) is 2.98. The SMILES string of the molecule is O=Cc1ccc(-c2ccc(Br)c(F)c2)s1. The third-order valence-corrected chi connectivity index (χ3v) is 3.65. The highest BCUT2D eigenvalue weighted by Gasteiger charge is 2.05. The molecule has 0 amide bonds. The van der Waals surface area contributed by atoms with Crippen molar-refractivity contribution in [2.45, 2.75) is 0 Å². The standard InChI is InChI=1S/C11H6BrFOS/c12-9-3-1-7(5-10(9)13)11-4-2-8(6-14)15-11/h1-6H. The molecule has 2 aromatic rings. The molecule has 0 fully saturated rings. The molecular formula is C11H6BrFOS. The lowest BCUT2D eigenvalue weighted by Gasteiger charge is -1.98. The molecule has 15 heavy (non-hydrogen) atoms. The van der Waals surface area contributed by atoms with Gasteiger partial charge in [-0.05, 0) is 45.8 Å². The fraction of sp³-hybridized carbons (Fsp3) is 0. The van der Waals surface area contributed by atoms with E-state index in [2.05, 4.69) is 15.9 Å². The third kappa shape index (κ3) is 2.16. The van der Waals surface area contributed by atoms with Gasteiger partial charge in [0, 0.05) is 4.88 Å². The molecule has 1 aromatic heterocycles. The van der Waals surface area contributed by atoms with E-state index < -0.39 is 0 Å². The van der Waals surface area contributed by atoms with Crippen molar-refractivity contribution in [2.75, 3.05) is 0 Å². The Hall–Kier alpha value is -1.00. The zero-order valence-electron chi connectivity index (χ0n) is 7.54. The predicted octanol–water partition coefficient (Wildman–Crippen LogP) is 4.13. The van der Waals surface area contributed by atoms with Crippen molar-refractivity contribution < 1.29 is 9.18 Å². The summed E-state index contributed by atoms with van der Waals surface area (Å²) in [6.07, 6.45) is 0.795. The number of carbonyl (C=O) groups is 1. The first kappa shape index (κ1) is 10.5. The lowest BCUT2D eigenvalue weighted by molar-refractivity contribution is 0.112. The molecule has 2 rings (SSSR count). The first-order chi connectivity index (χ1) is 7.20. The summed E-state index contributed by atoms with van der Waals surface area (Å²) in [5.41, 5.74) is 0.786. The molecule has 0 saturated heterocycles. The number of hydrogen-bond acceptors (Lipinski definition) is 2. The number of rotatable bonds is 2. The van der Waals surface area contributed by atoms with Crippen molar-refractivity contribution in [3.05, 3.63) is 45.5 Å². The smallest absolute Gasteiger partial charge is 0.160 e. The van der Waals surface area contributed by atoms with Crippen molar-refractivity contribution in [3.8, 4) is 10.4 Å². The van der Waals surface area contributed by atoms with Crippen molar-refractivity contribution in [2.24, 2.45) is 0 Å². The van der Waals surface area contributed by atoms with E-state index in [1.54, 1.807) is 12.1 Å². The molecule has 0 unspecified atom stereocenters. The van der Waals surface area contributed by atoms with Crippen LogP contribution in [0.5, 0.6) is 0 Å². The normalized spacial score (nSPS) is 10.3. The number of thiophene rings is 1. The summed E-state index contributed by atoms with van der Waals surface area (Å²) in [5, 5.41) is 0. The molecule has 1 aromatic carbocycles. The Morgan fingerprint density at radius 2 is 2.07 bits per heavy atom. The minimum atomic E-state index is -0.298. The summed E-state index contributed by atoms with van der Waals surface area (Å²) < 4.78 is 13.7. The third-order valence-electron chi connectivity index (χ3n) is 1.95. The van der Waals surface area contributed by atoms with E-state index in [9.17, 15) is 9.18 Å². The Balaban J connectivity index is 2.44. The summed E-state index contributed by atoms with van der Waals surface area (Å²) in [6, 6.07) is 8.47. The zero-order chi connectivity index (χ0) is 10.8. The summed E-state index contributed by atoms with van der Waals surface area (Å²) in [4.78, 5) is 12.0. The van der Waals surface area contributed by atoms with Crippen molar-refractivity contribution in [1.82, 2.24) is 0 Å². The van der Waals surface area contributed by atoms with Crippen LogP contribution in [-0.2, 0) is 0 Å². The fourth-order valence-electron chi connectivity index (χ4n) is 1.22. The van der Waals surface area contributed by atoms with Gasteiger partial charge in [0.05, 0.1) is 9.35 Å². The van der Waals surface area contributed by atoms with Gasteiger partial charge in [-0.3, -0.25) is 4.79 Å². The van der Waals surface area contributed by atoms with Gasteiger partial charge in [-0.1, -0.05) is 6.07 Å². The first-order valence-electron chi connectivity index (χ1n) is 4.21. The van der Waals surface area contributed by atoms with Crippen LogP contribution in [0.15, 0.2) is 34.8 Å². The Morgan fingerprint density at radius 1 is 1.27 bits per heavy atom. The molecule has 1 heterocycles. The van der Waals surface area contributed by atoms with Gasteiger partial charge in [-0.15, -0.1) is 11.3 Å². The highest BCUT2D eigenvalue weighted by molar-refractivity contribution is 9.10. The molecule has 0 aliphatic rings. The molecule has 0 radical (unpaired) electrons. The molecule has 0 atom stereocenters. The topological polar surface area (TPSA) is 17.1 Å². The monoisotopic (exact) mass is 284 g/mol. The van der Waals surface area contributed by atoms with E-state index in [0.717, 1.165) is 16.7 Å². The summed E-state index contributed by atoms with van der Waals surface area (Å²) in [5.74, 6) is -0.298. The maximum atomic E-state index is 13.2. The van der Waals surface area contributed by atoms with Gasteiger partial charge in [0.2, 0.25) is 0 Å². The molecule has 0 bridgehead atoms. The average molecular weight is 285 g/mol. The second-order valence-electron chi connectivity index (χ2n) is 2.95. The largest absolute Gasteiger partial charge is 0.297 e. The number of carbonyl (C=O) groups excluding carboxylic acids is 1. The van der Waals surface area contributed by atoms with Crippen LogP contribution in [0.3, 0.4) is 0 Å². The van der Waals surface area contributed by atoms with Crippen LogP contribution < -0.4 is 0 Å². The Morgan fingerprint density at radius 3 is 2.67 bits per heavy atom. The Labute approximate surface area is 98.7 Å². The van der Waals surface area contributed by atoms with Gasteiger partial charge in [0.25, 0.3) is 0 Å². The number of benzene rings is 1. The van der Waals surface area contributed by atoms with Crippen LogP contribution >= 0.6 is 27.3 Å². The molecule has 0 saturated carbocycles. The molecule has 0 N–H and O–H groups in total. The van der Waals surface area contributed by atoms with E-state index in [-0.39, 0.29) is 5.82 Å². The Bertz CT molecular complexity index is 507. The second-order valence-corrected chi connectivity index (χ2v) is 4.92. The van der Waals surface area contributed by atoms with Gasteiger partial charge >= 0.3 is 0 Å². The molecule has 1 nitrogen and oxygen atoms in total. The lowest BCUT2D eigenvalue weighted by atomic mass is 10.2. The average Bonchev–Trinajstić information content (AvgIpc) is 2.70. The minimum Gasteiger partial charge on any atom is -0.297 e. The highest BCUT2D eigenvalue weighted by Crippen LogP contribution is 2.29. The highest BCUT2D eigenvalue weighted by atomic mass is 79.9. The number of halogens is 2. The minimum absolute atomic E-state index is 0.298. The van der Waals surface area contributed by atoms with E-state index in [0.29, 0.717) is 9.35 Å². The van der Waals surface area contributed by atoms with Crippen molar-refractivity contribution >= 4 is 33.6 Å². The predicted molar refractivity (Wildman–Crippen MR) is 62.8 cm³/mol. The van der Waals surface area contributed by atoms with Crippen LogP contribution in [0, 0.1) is 5.82 Å². The molecule has 0 spiro atoms. The van der Waals surface area contributed by atoms with Crippen molar-refractivity contribution in [1.29, 1.82) is 0 Å². The van der Waals surface area contributed by atoms with Crippen LogP contribution in [0.25, 0.3) is 10.4 Å². The van der Waals surface area contributed by atoms with Gasteiger partial charge in [-0.2, -0.15) is 0 Å². The molecule has 0 aliphatic carbocycles. The lowest BCUT2D eigenvalue weighted by Crippen LogP contribution is -1.78. The van der Waals surface area contributed by atoms with E-state index in [1.165, 1.54) is 17.4 Å². The van der Waals surface area contributed by atoms with Gasteiger partial charge < -0.3 is 0 Å². The summed E-state index contributed by atoms with van der Waals surface area (Å²) in [7, 11) is 0. The van der Waals surface area contributed by atoms with Crippen LogP contribution in [0.1, 0.15) is 9.67 Å². The maximum Gasteiger partial charge on any atom is 0.160 e. The van der Waals surface area contributed by atoms with Gasteiger partial charge in [0.1, 0.15) is 5.82 Å². The summed E-state index contributed by atoms with van der Waals surface area (Å²) >= 11 is 4.44. The van der Waals surface area contributed by atoms with Crippen molar-refractivity contribution in [3.63, 3.8) is 0 Å². The van der Waals surface area contributed by atoms with E-state index >= 15 is 0 Å². The molecule has 76 valence electrons. The van der Waals surface area contributed by atoms with E-state index in [1.807, 2.05) is 12.1 Å². The van der Waals surface area contributed by atoms with E-state index in [4.69, 9.17) is 0 Å². The van der Waals surface area contributed by atoms with Gasteiger partial charge in [-0.25, -0.2) is 4.39 Å². The molecule has 0 aliphatic heterocycles. The quantitative estimate of drug-likeness (QED) is 0.758. The summed E-state index contributed by atoms with van der Waals surface area (Å²) in [6.45, 7) is 0. The first-order valence-corrected chi connectivity index (χ1v) is 5.82. The number of aldehydes is 1. The number of hydrogen-bond donors (Lipinski definition) is 0. The molecular weight excluding hydrogens is 279 g/mol. The van der Waals surface area contributed by atoms with Crippen LogP contribution in [0.2, 0.25) is 0 Å². The molecule has 4 heteroatoms. The maximum absolute atomic E-state index is 13.2. The van der Waals surface area contributed by atoms with Crippen LogP contribution in [-0.4, -0.2) is 6.29 Å². The zero-order valence-corrected chi connectivity index (χ0v) is 9.94. The second kappa shape index (κ2) is 4.24. The van der Waals surface area contributed by atoms with Crippen LogP contribution in [0.4, 0.5) is 4.39 Å². The fourth-order valence-corrected chi connectivity index (χ4v) is 2.29. The van der Waals surface area contributed by atoms with Gasteiger partial charge in [0.15, 0.2) is 6.29 Å².